The minimum Gasteiger partial charge on any atom is -0.497 e. The number of carbonyl (C=O) groups excluding carboxylic acids is 2. The Morgan fingerprint density at radius 1 is 0.974 bits per heavy atom. The zero-order valence-electron chi connectivity index (χ0n) is 21.2. The standard InChI is InChI=1S/C27H29Cl2N3O5S/c1-4-25(27(34)30-2)31(17-22-23(28)14-9-15-24(22)29)26(33)18-32(19-10-8-11-20(16-19)37-3)38(35,36)21-12-6-5-7-13-21/h5-16,25H,4,17-18H2,1-3H3,(H,30,34)/t25-/m0/s1. The number of hydrogen-bond donors (Lipinski definition) is 1. The van der Waals surface area contributed by atoms with Crippen molar-refractivity contribution in [2.75, 3.05) is 25.0 Å². The molecule has 1 N–H and O–H groups in total. The third-order valence-electron chi connectivity index (χ3n) is 5.97. The first-order chi connectivity index (χ1) is 18.1. The summed E-state index contributed by atoms with van der Waals surface area (Å²) in [6.45, 7) is 1.08. The van der Waals surface area contributed by atoms with Gasteiger partial charge in [-0.1, -0.05) is 60.5 Å². The van der Waals surface area contributed by atoms with Crippen LogP contribution in [0.4, 0.5) is 5.69 Å². The first-order valence-corrected chi connectivity index (χ1v) is 14.0. The van der Waals surface area contributed by atoms with Crippen LogP contribution in [0.5, 0.6) is 5.75 Å². The Balaban J connectivity index is 2.10. The summed E-state index contributed by atoms with van der Waals surface area (Å²) in [5, 5.41) is 3.22. The predicted molar refractivity (Wildman–Crippen MR) is 149 cm³/mol. The third-order valence-corrected chi connectivity index (χ3v) is 8.47. The maximum absolute atomic E-state index is 13.9. The smallest absolute Gasteiger partial charge is 0.264 e. The van der Waals surface area contributed by atoms with Crippen LogP contribution in [-0.2, 0) is 26.2 Å². The summed E-state index contributed by atoms with van der Waals surface area (Å²) in [7, 11) is -1.24. The molecule has 3 aromatic carbocycles. The molecule has 0 heterocycles. The minimum atomic E-state index is -4.18. The van der Waals surface area contributed by atoms with Gasteiger partial charge in [-0.15, -0.1) is 0 Å². The van der Waals surface area contributed by atoms with Gasteiger partial charge in [0.05, 0.1) is 17.7 Å². The van der Waals surface area contributed by atoms with Gasteiger partial charge in [0.15, 0.2) is 0 Å². The Bertz CT molecular complexity index is 1370. The summed E-state index contributed by atoms with van der Waals surface area (Å²) >= 11 is 12.8. The van der Waals surface area contributed by atoms with Crippen LogP contribution in [0, 0.1) is 0 Å². The van der Waals surface area contributed by atoms with E-state index in [2.05, 4.69) is 5.32 Å². The van der Waals surface area contributed by atoms with Crippen LogP contribution in [0.2, 0.25) is 10.0 Å². The van der Waals surface area contributed by atoms with Gasteiger partial charge in [-0.2, -0.15) is 0 Å². The number of methoxy groups -OCH3 is 1. The van der Waals surface area contributed by atoms with Gasteiger partial charge < -0.3 is 15.0 Å². The number of rotatable bonds is 11. The van der Waals surface area contributed by atoms with Crippen molar-refractivity contribution in [1.82, 2.24) is 10.2 Å². The number of likely N-dealkylation sites (N-methyl/N-ethyl adjacent to an activating group) is 1. The molecule has 0 aliphatic carbocycles. The zero-order valence-corrected chi connectivity index (χ0v) is 23.6. The van der Waals surface area contributed by atoms with Crippen LogP contribution >= 0.6 is 23.2 Å². The molecular weight excluding hydrogens is 549 g/mol. The second-order valence-corrected chi connectivity index (χ2v) is 11.0. The summed E-state index contributed by atoms with van der Waals surface area (Å²) in [5.74, 6) is -0.596. The average molecular weight is 579 g/mol. The van der Waals surface area contributed by atoms with E-state index in [1.807, 2.05) is 0 Å². The van der Waals surface area contributed by atoms with E-state index in [1.54, 1.807) is 61.5 Å². The van der Waals surface area contributed by atoms with Gasteiger partial charge in [-0.25, -0.2) is 8.42 Å². The fourth-order valence-electron chi connectivity index (χ4n) is 3.95. The zero-order chi connectivity index (χ0) is 27.9. The molecule has 8 nitrogen and oxygen atoms in total. The van der Waals surface area contributed by atoms with E-state index < -0.39 is 34.4 Å². The molecule has 0 bridgehead atoms. The normalized spacial score (nSPS) is 11.9. The van der Waals surface area contributed by atoms with Gasteiger partial charge in [-0.05, 0) is 42.8 Å². The van der Waals surface area contributed by atoms with Crippen molar-refractivity contribution in [3.05, 3.63) is 88.4 Å². The molecule has 0 saturated heterocycles. The number of ether oxygens (including phenoxy) is 1. The van der Waals surface area contributed by atoms with Crippen LogP contribution in [0.3, 0.4) is 0 Å². The van der Waals surface area contributed by atoms with Crippen molar-refractivity contribution in [1.29, 1.82) is 0 Å². The number of amides is 2. The molecule has 0 fully saturated rings. The van der Waals surface area contributed by atoms with E-state index in [4.69, 9.17) is 27.9 Å². The van der Waals surface area contributed by atoms with Crippen molar-refractivity contribution in [3.63, 3.8) is 0 Å². The average Bonchev–Trinajstić information content (AvgIpc) is 2.93. The lowest BCUT2D eigenvalue weighted by Gasteiger charge is -2.33. The van der Waals surface area contributed by atoms with Gasteiger partial charge in [0.1, 0.15) is 18.3 Å². The lowest BCUT2D eigenvalue weighted by molar-refractivity contribution is -0.140. The fraction of sp³-hybridized carbons (Fsp3) is 0.259. The van der Waals surface area contributed by atoms with Crippen molar-refractivity contribution in [2.45, 2.75) is 30.8 Å². The van der Waals surface area contributed by atoms with Crippen LogP contribution in [0.1, 0.15) is 18.9 Å². The molecule has 38 heavy (non-hydrogen) atoms. The van der Waals surface area contributed by atoms with Crippen molar-refractivity contribution in [3.8, 4) is 5.75 Å². The summed E-state index contributed by atoms with van der Waals surface area (Å²) < 4.78 is 33.8. The van der Waals surface area contributed by atoms with Crippen molar-refractivity contribution in [2.24, 2.45) is 0 Å². The van der Waals surface area contributed by atoms with Crippen LogP contribution < -0.4 is 14.4 Å². The van der Waals surface area contributed by atoms with E-state index >= 15 is 0 Å². The molecule has 3 aromatic rings. The summed E-state index contributed by atoms with van der Waals surface area (Å²) in [6, 6.07) is 18.2. The number of nitrogens with one attached hydrogen (secondary N) is 1. The van der Waals surface area contributed by atoms with Gasteiger partial charge >= 0.3 is 0 Å². The largest absolute Gasteiger partial charge is 0.497 e. The van der Waals surface area contributed by atoms with Crippen molar-refractivity contribution >= 4 is 50.7 Å². The highest BCUT2D eigenvalue weighted by Crippen LogP contribution is 2.30. The molecule has 0 aliphatic heterocycles. The first-order valence-electron chi connectivity index (χ1n) is 11.8. The highest BCUT2D eigenvalue weighted by atomic mass is 35.5. The SMILES string of the molecule is CC[C@@H](C(=O)NC)N(Cc1c(Cl)cccc1Cl)C(=O)CN(c1cccc(OC)c1)S(=O)(=O)c1ccccc1. The Morgan fingerprint density at radius 2 is 1.61 bits per heavy atom. The van der Waals surface area contributed by atoms with Crippen LogP contribution in [-0.4, -0.2) is 51.9 Å². The fourth-order valence-corrected chi connectivity index (χ4v) is 5.90. The van der Waals surface area contributed by atoms with Gasteiger partial charge in [0.25, 0.3) is 10.0 Å². The number of nitrogens with zero attached hydrogens (tertiary/aromatic N) is 2. The Morgan fingerprint density at radius 3 is 2.18 bits per heavy atom. The number of hydrogen-bond acceptors (Lipinski definition) is 5. The molecular formula is C27H29Cl2N3O5S. The van der Waals surface area contributed by atoms with Gasteiger partial charge in [0, 0.05) is 35.3 Å². The minimum absolute atomic E-state index is 0.00895. The predicted octanol–water partition coefficient (Wildman–Crippen LogP) is 4.75. The number of sulfonamides is 1. The van der Waals surface area contributed by atoms with Crippen molar-refractivity contribution < 1.29 is 22.7 Å². The molecule has 0 saturated carbocycles. The maximum atomic E-state index is 13.9. The Hall–Kier alpha value is -3.27. The van der Waals surface area contributed by atoms with Crippen LogP contribution in [0.25, 0.3) is 0 Å². The molecule has 11 heteroatoms. The molecule has 3 rings (SSSR count). The van der Waals surface area contributed by atoms with E-state index in [0.29, 0.717) is 21.4 Å². The monoisotopic (exact) mass is 577 g/mol. The lowest BCUT2D eigenvalue weighted by atomic mass is 10.1. The molecule has 0 aromatic heterocycles. The van der Waals surface area contributed by atoms with Crippen LogP contribution in [0.15, 0.2) is 77.7 Å². The van der Waals surface area contributed by atoms with Gasteiger partial charge in [-0.3, -0.25) is 13.9 Å². The number of carbonyl (C=O) groups is 2. The highest BCUT2D eigenvalue weighted by Gasteiger charge is 2.34. The molecule has 0 aliphatic rings. The summed E-state index contributed by atoms with van der Waals surface area (Å²) in [5.41, 5.74) is 0.677. The summed E-state index contributed by atoms with van der Waals surface area (Å²) in [4.78, 5) is 28.0. The number of anilines is 1. The molecule has 1 atom stereocenters. The van der Waals surface area contributed by atoms with Gasteiger partial charge in [0.2, 0.25) is 11.8 Å². The topological polar surface area (TPSA) is 96.0 Å². The second kappa shape index (κ2) is 13.0. The second-order valence-electron chi connectivity index (χ2n) is 8.29. The van der Waals surface area contributed by atoms with E-state index in [-0.39, 0.29) is 23.5 Å². The molecule has 0 unspecified atom stereocenters. The molecule has 2 amide bonds. The van der Waals surface area contributed by atoms with E-state index in [1.165, 1.54) is 37.3 Å². The third kappa shape index (κ3) is 6.59. The molecule has 0 spiro atoms. The van der Waals surface area contributed by atoms with E-state index in [0.717, 1.165) is 4.31 Å². The summed E-state index contributed by atoms with van der Waals surface area (Å²) in [6.07, 6.45) is 0.276. The number of benzene rings is 3. The quantitative estimate of drug-likeness (QED) is 0.354. The Kier molecular flexibility index (Phi) is 10.0. The molecule has 202 valence electrons. The molecule has 0 radical (unpaired) electrons. The number of halogens is 2. The lowest BCUT2D eigenvalue weighted by Crippen LogP contribution is -2.51. The van der Waals surface area contributed by atoms with E-state index in [9.17, 15) is 18.0 Å². The first kappa shape index (κ1) is 29.3. The maximum Gasteiger partial charge on any atom is 0.264 e. The highest BCUT2D eigenvalue weighted by molar-refractivity contribution is 7.92. The Labute approximate surface area is 233 Å².